The lowest BCUT2D eigenvalue weighted by atomic mass is 10.1. The van der Waals surface area contributed by atoms with Gasteiger partial charge in [-0.05, 0) is 55.5 Å². The number of benzene rings is 1. The van der Waals surface area contributed by atoms with Crippen molar-refractivity contribution in [2.24, 2.45) is 5.92 Å². The van der Waals surface area contributed by atoms with Crippen LogP contribution in [0, 0.1) is 5.92 Å². The summed E-state index contributed by atoms with van der Waals surface area (Å²) in [6, 6.07) is 7.63. The predicted molar refractivity (Wildman–Crippen MR) is 76.9 cm³/mol. The van der Waals surface area contributed by atoms with Crippen molar-refractivity contribution in [1.29, 1.82) is 0 Å². The highest BCUT2D eigenvalue weighted by molar-refractivity contribution is 7.99. The van der Waals surface area contributed by atoms with Crippen LogP contribution in [0.2, 0.25) is 0 Å². The molecule has 0 bridgehead atoms. The Balaban J connectivity index is 1.95. The van der Waals surface area contributed by atoms with Crippen molar-refractivity contribution < 1.29 is 0 Å². The summed E-state index contributed by atoms with van der Waals surface area (Å²) in [6.45, 7) is 4.56. The summed E-state index contributed by atoms with van der Waals surface area (Å²) in [5, 5.41) is 3.40. The van der Waals surface area contributed by atoms with E-state index in [4.69, 9.17) is 0 Å². The van der Waals surface area contributed by atoms with Gasteiger partial charge in [0.25, 0.3) is 0 Å². The van der Waals surface area contributed by atoms with E-state index in [1.807, 2.05) is 11.8 Å². The summed E-state index contributed by atoms with van der Waals surface area (Å²) in [6.07, 6.45) is 3.91. The van der Waals surface area contributed by atoms with Crippen LogP contribution in [0.15, 0.2) is 23.1 Å². The van der Waals surface area contributed by atoms with Crippen LogP contribution in [-0.4, -0.2) is 18.8 Å². The molecule has 0 aromatic heterocycles. The molecule has 1 aromatic carbocycles. The lowest BCUT2D eigenvalue weighted by Crippen LogP contribution is -2.32. The second-order valence-corrected chi connectivity index (χ2v) is 6.33. The Morgan fingerprint density at radius 1 is 1.24 bits per heavy atom. The van der Waals surface area contributed by atoms with Crippen LogP contribution in [0.1, 0.15) is 31.4 Å². The van der Waals surface area contributed by atoms with Crippen molar-refractivity contribution in [2.75, 3.05) is 12.8 Å². The second kappa shape index (κ2) is 5.92. The summed E-state index contributed by atoms with van der Waals surface area (Å²) in [7, 11) is 2.06. The van der Waals surface area contributed by atoms with Crippen LogP contribution >= 0.6 is 11.8 Å². The number of rotatable bonds is 5. The Morgan fingerprint density at radius 2 is 2.00 bits per heavy atom. The van der Waals surface area contributed by atoms with Gasteiger partial charge in [0.1, 0.15) is 0 Å². The van der Waals surface area contributed by atoms with Crippen LogP contribution in [0.5, 0.6) is 0 Å². The summed E-state index contributed by atoms with van der Waals surface area (Å²) in [5.74, 6) is 1.86. The summed E-state index contributed by atoms with van der Waals surface area (Å²) >= 11 is 1.98. The molecule has 1 aliphatic rings. The normalized spacial score (nSPS) is 16.2. The highest BCUT2D eigenvalue weighted by Crippen LogP contribution is 2.28. The van der Waals surface area contributed by atoms with Gasteiger partial charge in [-0.15, -0.1) is 11.8 Å². The molecule has 2 rings (SSSR count). The summed E-state index contributed by atoms with van der Waals surface area (Å²) in [4.78, 5) is 1.44. The minimum atomic E-state index is 0.605. The first kappa shape index (κ1) is 13.0. The van der Waals surface area contributed by atoms with Gasteiger partial charge in [-0.1, -0.05) is 19.9 Å². The molecule has 1 atom stereocenters. The Bertz CT molecular complexity index is 373. The zero-order chi connectivity index (χ0) is 12.3. The van der Waals surface area contributed by atoms with Crippen LogP contribution < -0.4 is 5.32 Å². The second-order valence-electron chi connectivity index (χ2n) is 5.23. The zero-order valence-electron chi connectivity index (χ0n) is 11.1. The molecule has 0 saturated carbocycles. The van der Waals surface area contributed by atoms with Crippen LogP contribution in [-0.2, 0) is 12.8 Å². The molecular weight excluding hydrogens is 226 g/mol. The van der Waals surface area contributed by atoms with E-state index in [0.717, 1.165) is 5.75 Å². The first-order valence-corrected chi connectivity index (χ1v) is 7.61. The Morgan fingerprint density at radius 3 is 2.71 bits per heavy atom. The number of thioether (sulfide) groups is 1. The smallest absolute Gasteiger partial charge is 0.0181 e. The fourth-order valence-electron chi connectivity index (χ4n) is 2.43. The lowest BCUT2D eigenvalue weighted by Gasteiger charge is -2.19. The molecule has 0 amide bonds. The lowest BCUT2D eigenvalue weighted by molar-refractivity contribution is 0.465. The van der Waals surface area contributed by atoms with Gasteiger partial charge in [0.05, 0.1) is 0 Å². The van der Waals surface area contributed by atoms with Crippen LogP contribution in [0.3, 0.4) is 0 Å². The van der Waals surface area contributed by atoms with E-state index in [0.29, 0.717) is 12.0 Å². The fraction of sp³-hybridized carbons (Fsp3) is 0.600. The Labute approximate surface area is 109 Å². The predicted octanol–water partition coefficient (Wildman–Crippen LogP) is 3.51. The molecule has 0 radical (unpaired) electrons. The first-order valence-electron chi connectivity index (χ1n) is 6.62. The molecule has 94 valence electrons. The molecule has 0 heterocycles. The maximum absolute atomic E-state index is 3.40. The van der Waals surface area contributed by atoms with Crippen molar-refractivity contribution in [2.45, 2.75) is 44.0 Å². The topological polar surface area (TPSA) is 12.0 Å². The summed E-state index contributed by atoms with van der Waals surface area (Å²) in [5.41, 5.74) is 3.16. The highest BCUT2D eigenvalue weighted by Gasteiger charge is 2.13. The van der Waals surface area contributed by atoms with Crippen LogP contribution in [0.4, 0.5) is 0 Å². The molecule has 1 aliphatic carbocycles. The van der Waals surface area contributed by atoms with E-state index < -0.39 is 0 Å². The van der Waals surface area contributed by atoms with Gasteiger partial charge in [-0.3, -0.25) is 0 Å². The molecule has 17 heavy (non-hydrogen) atoms. The van der Waals surface area contributed by atoms with Gasteiger partial charge in [-0.2, -0.15) is 0 Å². The largest absolute Gasteiger partial charge is 0.316 e. The van der Waals surface area contributed by atoms with Gasteiger partial charge >= 0.3 is 0 Å². The standard InChI is InChI=1S/C15H23NS/c1-11(2)15(16-3)10-17-14-8-7-12-5-4-6-13(12)9-14/h7-9,11,15-16H,4-6,10H2,1-3H3. The molecular formula is C15H23NS. The summed E-state index contributed by atoms with van der Waals surface area (Å²) < 4.78 is 0. The van der Waals surface area contributed by atoms with Crippen molar-refractivity contribution in [3.63, 3.8) is 0 Å². The third-order valence-electron chi connectivity index (χ3n) is 3.68. The number of nitrogens with one attached hydrogen (secondary N) is 1. The van der Waals surface area contributed by atoms with E-state index in [1.165, 1.54) is 24.2 Å². The number of hydrogen-bond acceptors (Lipinski definition) is 2. The maximum Gasteiger partial charge on any atom is 0.0181 e. The number of aryl methyl sites for hydroxylation is 2. The van der Waals surface area contributed by atoms with Crippen molar-refractivity contribution in [3.05, 3.63) is 29.3 Å². The molecule has 1 nitrogen and oxygen atoms in total. The van der Waals surface area contributed by atoms with Crippen LogP contribution in [0.25, 0.3) is 0 Å². The average molecular weight is 249 g/mol. The minimum Gasteiger partial charge on any atom is -0.316 e. The molecule has 1 unspecified atom stereocenters. The highest BCUT2D eigenvalue weighted by atomic mass is 32.2. The first-order chi connectivity index (χ1) is 8.20. The maximum atomic E-state index is 3.40. The monoisotopic (exact) mass is 249 g/mol. The van der Waals surface area contributed by atoms with Gasteiger partial charge in [0, 0.05) is 16.7 Å². The van der Waals surface area contributed by atoms with Crippen molar-refractivity contribution in [3.8, 4) is 0 Å². The number of hydrogen-bond donors (Lipinski definition) is 1. The van der Waals surface area contributed by atoms with Gasteiger partial charge < -0.3 is 5.32 Å². The molecule has 1 aromatic rings. The van der Waals surface area contributed by atoms with Crippen molar-refractivity contribution in [1.82, 2.24) is 5.32 Å². The molecule has 2 heteroatoms. The van der Waals surface area contributed by atoms with Gasteiger partial charge in [0.15, 0.2) is 0 Å². The molecule has 0 spiro atoms. The van der Waals surface area contributed by atoms with Gasteiger partial charge in [0.2, 0.25) is 0 Å². The fourth-order valence-corrected chi connectivity index (χ4v) is 3.75. The van der Waals surface area contributed by atoms with E-state index >= 15 is 0 Å². The molecule has 0 aliphatic heterocycles. The van der Waals surface area contributed by atoms with Gasteiger partial charge in [-0.25, -0.2) is 0 Å². The third-order valence-corrected chi connectivity index (χ3v) is 4.79. The number of fused-ring (bicyclic) bond motifs is 1. The van der Waals surface area contributed by atoms with E-state index in [9.17, 15) is 0 Å². The van der Waals surface area contributed by atoms with E-state index in [2.05, 4.69) is 44.4 Å². The molecule has 0 saturated heterocycles. The van der Waals surface area contributed by atoms with E-state index in [-0.39, 0.29) is 0 Å². The third kappa shape index (κ3) is 3.26. The zero-order valence-corrected chi connectivity index (χ0v) is 11.9. The van der Waals surface area contributed by atoms with E-state index in [1.54, 1.807) is 11.1 Å². The minimum absolute atomic E-state index is 0.605. The average Bonchev–Trinajstić information content (AvgIpc) is 2.76. The molecule has 1 N–H and O–H groups in total. The Kier molecular flexibility index (Phi) is 4.52. The van der Waals surface area contributed by atoms with Crippen molar-refractivity contribution >= 4 is 11.8 Å². The quantitative estimate of drug-likeness (QED) is 0.801. The Hall–Kier alpha value is -0.470. The molecule has 0 fully saturated rings. The SMILES string of the molecule is CNC(CSc1ccc2c(c1)CCC2)C(C)C.